The van der Waals surface area contributed by atoms with Crippen molar-refractivity contribution in [2.75, 3.05) is 32.6 Å². The number of ether oxygens (including phenoxy) is 1. The number of nitrogens with one attached hydrogen (secondary N) is 1. The normalized spacial score (nSPS) is 11.5. The first kappa shape index (κ1) is 14.8. The van der Waals surface area contributed by atoms with Gasteiger partial charge >= 0.3 is 0 Å². The van der Waals surface area contributed by atoms with Gasteiger partial charge in [0, 0.05) is 24.8 Å². The van der Waals surface area contributed by atoms with Crippen molar-refractivity contribution in [3.63, 3.8) is 0 Å². The molecule has 18 heavy (non-hydrogen) atoms. The Bertz CT molecular complexity index is 413. The lowest BCUT2D eigenvalue weighted by atomic mass is 10.0. The van der Waals surface area contributed by atoms with Crippen LogP contribution in [-0.4, -0.2) is 33.3 Å². The summed E-state index contributed by atoms with van der Waals surface area (Å²) in [6.07, 6.45) is 0. The summed E-state index contributed by atoms with van der Waals surface area (Å²) in [6.45, 7) is 9.57. The van der Waals surface area contributed by atoms with Gasteiger partial charge in [-0.1, -0.05) is 0 Å². The van der Waals surface area contributed by atoms with Crippen molar-refractivity contribution in [3.8, 4) is 5.75 Å². The number of hydrogen-bond acceptors (Lipinski definition) is 3. The minimum absolute atomic E-state index is 0.0923. The second-order valence-electron chi connectivity index (χ2n) is 5.60. The van der Waals surface area contributed by atoms with E-state index in [-0.39, 0.29) is 5.54 Å². The maximum atomic E-state index is 5.35. The van der Waals surface area contributed by atoms with Crippen molar-refractivity contribution in [2.24, 2.45) is 0 Å². The Labute approximate surface area is 111 Å². The second-order valence-corrected chi connectivity index (χ2v) is 5.60. The number of benzene rings is 1. The predicted molar refractivity (Wildman–Crippen MR) is 78.9 cm³/mol. The van der Waals surface area contributed by atoms with Crippen molar-refractivity contribution in [2.45, 2.75) is 33.2 Å². The lowest BCUT2D eigenvalue weighted by Gasteiger charge is -2.32. The van der Waals surface area contributed by atoms with Crippen LogP contribution < -0.4 is 15.0 Å². The highest BCUT2D eigenvalue weighted by molar-refractivity contribution is 5.58. The maximum Gasteiger partial charge on any atom is 0.122 e. The number of anilines is 1. The Morgan fingerprint density at radius 2 is 1.83 bits per heavy atom. The first-order valence-electron chi connectivity index (χ1n) is 6.36. The zero-order valence-electron chi connectivity index (χ0n) is 12.7. The van der Waals surface area contributed by atoms with Gasteiger partial charge in [-0.2, -0.15) is 0 Å². The molecule has 3 nitrogen and oxygen atoms in total. The van der Waals surface area contributed by atoms with E-state index in [1.807, 2.05) is 7.05 Å². The molecule has 102 valence electrons. The van der Waals surface area contributed by atoms with Gasteiger partial charge in [0.2, 0.25) is 0 Å². The van der Waals surface area contributed by atoms with E-state index in [0.717, 1.165) is 12.3 Å². The predicted octanol–water partition coefficient (Wildman–Crippen LogP) is 2.75. The lowest BCUT2D eigenvalue weighted by Crippen LogP contribution is -2.46. The molecule has 0 spiro atoms. The molecule has 0 atom stereocenters. The number of hydrogen-bond donors (Lipinski definition) is 1. The average molecular weight is 250 g/mol. The Morgan fingerprint density at radius 1 is 1.22 bits per heavy atom. The molecule has 0 fully saturated rings. The molecular weight excluding hydrogens is 224 g/mol. The molecular formula is C15H26N2O. The molecule has 0 saturated heterocycles. The number of methoxy groups -OCH3 is 1. The standard InChI is InChI=1S/C15H26N2O/c1-11-9-14(18-7)12(2)8-13(11)17(6)10-15(3,4)16-5/h8-9,16H,10H2,1-7H3. The molecule has 1 aromatic rings. The molecule has 0 aliphatic rings. The fourth-order valence-electron chi connectivity index (χ4n) is 2.16. The van der Waals surface area contributed by atoms with Gasteiger partial charge < -0.3 is 15.0 Å². The van der Waals surface area contributed by atoms with Crippen LogP contribution in [0.1, 0.15) is 25.0 Å². The van der Waals surface area contributed by atoms with E-state index in [4.69, 9.17) is 4.74 Å². The molecule has 1 aromatic carbocycles. The van der Waals surface area contributed by atoms with Crippen molar-refractivity contribution in [3.05, 3.63) is 23.3 Å². The van der Waals surface area contributed by atoms with Gasteiger partial charge in [-0.3, -0.25) is 0 Å². The van der Waals surface area contributed by atoms with Gasteiger partial charge in [-0.05, 0) is 58.0 Å². The van der Waals surface area contributed by atoms with Crippen molar-refractivity contribution in [1.29, 1.82) is 0 Å². The molecule has 1 rings (SSSR count). The summed E-state index contributed by atoms with van der Waals surface area (Å²) < 4.78 is 5.35. The van der Waals surface area contributed by atoms with E-state index in [2.05, 4.69) is 57.1 Å². The quantitative estimate of drug-likeness (QED) is 0.869. The Morgan fingerprint density at radius 3 is 2.33 bits per heavy atom. The van der Waals surface area contributed by atoms with Crippen LogP contribution in [0.5, 0.6) is 5.75 Å². The van der Waals surface area contributed by atoms with Gasteiger partial charge in [0.15, 0.2) is 0 Å². The van der Waals surface area contributed by atoms with Gasteiger partial charge in [0.05, 0.1) is 7.11 Å². The number of aryl methyl sites for hydroxylation is 2. The van der Waals surface area contributed by atoms with Crippen LogP contribution in [0.25, 0.3) is 0 Å². The molecule has 1 N–H and O–H groups in total. The minimum atomic E-state index is 0.0923. The molecule has 0 saturated carbocycles. The smallest absolute Gasteiger partial charge is 0.122 e. The third-order valence-electron chi connectivity index (χ3n) is 3.43. The molecule has 0 heterocycles. The Balaban J connectivity index is 2.99. The van der Waals surface area contributed by atoms with E-state index < -0.39 is 0 Å². The van der Waals surface area contributed by atoms with Crippen LogP contribution in [0.4, 0.5) is 5.69 Å². The fourth-order valence-corrected chi connectivity index (χ4v) is 2.16. The van der Waals surface area contributed by atoms with Crippen molar-refractivity contribution in [1.82, 2.24) is 5.32 Å². The molecule has 0 amide bonds. The van der Waals surface area contributed by atoms with Crippen LogP contribution in [-0.2, 0) is 0 Å². The third-order valence-corrected chi connectivity index (χ3v) is 3.43. The van der Waals surface area contributed by atoms with Crippen LogP contribution >= 0.6 is 0 Å². The molecule has 3 heteroatoms. The molecule has 0 aliphatic heterocycles. The SMILES string of the molecule is CNC(C)(C)CN(C)c1cc(C)c(OC)cc1C. The summed E-state index contributed by atoms with van der Waals surface area (Å²) >= 11 is 0. The van der Waals surface area contributed by atoms with Gasteiger partial charge in [0.1, 0.15) is 5.75 Å². The van der Waals surface area contributed by atoms with Gasteiger partial charge in [-0.15, -0.1) is 0 Å². The van der Waals surface area contributed by atoms with Crippen molar-refractivity contribution < 1.29 is 4.74 Å². The summed E-state index contributed by atoms with van der Waals surface area (Å²) in [4.78, 5) is 2.29. The highest BCUT2D eigenvalue weighted by atomic mass is 16.5. The zero-order valence-corrected chi connectivity index (χ0v) is 12.7. The average Bonchev–Trinajstić information content (AvgIpc) is 2.30. The van der Waals surface area contributed by atoms with Crippen LogP contribution in [0.3, 0.4) is 0 Å². The summed E-state index contributed by atoms with van der Waals surface area (Å²) in [7, 11) is 5.85. The number of nitrogens with zero attached hydrogens (tertiary/aromatic N) is 1. The van der Waals surface area contributed by atoms with Gasteiger partial charge in [0.25, 0.3) is 0 Å². The highest BCUT2D eigenvalue weighted by Gasteiger charge is 2.19. The third kappa shape index (κ3) is 3.39. The first-order valence-corrected chi connectivity index (χ1v) is 6.36. The number of likely N-dealkylation sites (N-methyl/N-ethyl adjacent to an activating group) is 2. The molecule has 0 aliphatic carbocycles. The largest absolute Gasteiger partial charge is 0.496 e. The first-order chi connectivity index (χ1) is 8.30. The van der Waals surface area contributed by atoms with Crippen LogP contribution in [0.2, 0.25) is 0 Å². The van der Waals surface area contributed by atoms with Gasteiger partial charge in [-0.25, -0.2) is 0 Å². The van der Waals surface area contributed by atoms with E-state index in [1.54, 1.807) is 7.11 Å². The highest BCUT2D eigenvalue weighted by Crippen LogP contribution is 2.28. The molecule has 0 aromatic heterocycles. The summed E-state index contributed by atoms with van der Waals surface area (Å²) in [5.41, 5.74) is 3.77. The monoisotopic (exact) mass is 250 g/mol. The summed E-state index contributed by atoms with van der Waals surface area (Å²) in [5.74, 6) is 0.956. The van der Waals surface area contributed by atoms with E-state index in [9.17, 15) is 0 Å². The minimum Gasteiger partial charge on any atom is -0.496 e. The summed E-state index contributed by atoms with van der Waals surface area (Å²) in [5, 5.41) is 3.33. The Hall–Kier alpha value is -1.22. The molecule has 0 radical (unpaired) electrons. The summed E-state index contributed by atoms with van der Waals surface area (Å²) in [6, 6.07) is 4.30. The van der Waals surface area contributed by atoms with Crippen molar-refractivity contribution >= 4 is 5.69 Å². The van der Waals surface area contributed by atoms with E-state index >= 15 is 0 Å². The topological polar surface area (TPSA) is 24.5 Å². The maximum absolute atomic E-state index is 5.35. The fraction of sp³-hybridized carbons (Fsp3) is 0.600. The second kappa shape index (κ2) is 5.61. The number of rotatable bonds is 5. The molecule has 0 bridgehead atoms. The van der Waals surface area contributed by atoms with E-state index in [1.165, 1.54) is 16.8 Å². The van der Waals surface area contributed by atoms with Crippen LogP contribution in [0.15, 0.2) is 12.1 Å². The lowest BCUT2D eigenvalue weighted by molar-refractivity contribution is 0.411. The Kier molecular flexibility index (Phi) is 4.63. The van der Waals surface area contributed by atoms with E-state index in [0.29, 0.717) is 0 Å². The van der Waals surface area contributed by atoms with Crippen LogP contribution in [0, 0.1) is 13.8 Å². The zero-order chi connectivity index (χ0) is 13.9. The molecule has 0 unspecified atom stereocenters.